The summed E-state index contributed by atoms with van der Waals surface area (Å²) in [5.41, 5.74) is 1.62. The molecular formula is C28H34N2O5. The second-order valence-corrected chi connectivity index (χ2v) is 10.1. The lowest BCUT2D eigenvalue weighted by atomic mass is 9.84. The topological polar surface area (TPSA) is 68.3 Å². The Bertz CT molecular complexity index is 1050. The molecule has 2 fully saturated rings. The van der Waals surface area contributed by atoms with Crippen molar-refractivity contribution in [1.29, 1.82) is 0 Å². The van der Waals surface area contributed by atoms with Gasteiger partial charge in [-0.3, -0.25) is 4.90 Å². The summed E-state index contributed by atoms with van der Waals surface area (Å²) in [6, 6.07) is 17.9. The quantitative estimate of drug-likeness (QED) is 0.425. The van der Waals surface area contributed by atoms with Gasteiger partial charge in [0.2, 0.25) is 0 Å². The second kappa shape index (κ2) is 9.99. The van der Waals surface area contributed by atoms with Crippen LogP contribution in [0.2, 0.25) is 0 Å². The van der Waals surface area contributed by atoms with E-state index in [9.17, 15) is 9.59 Å². The van der Waals surface area contributed by atoms with E-state index in [1.165, 1.54) is 0 Å². The minimum Gasteiger partial charge on any atom is -0.447 e. The summed E-state index contributed by atoms with van der Waals surface area (Å²) in [6.45, 7) is 8.18. The van der Waals surface area contributed by atoms with Crippen molar-refractivity contribution in [3.63, 3.8) is 0 Å². The van der Waals surface area contributed by atoms with Gasteiger partial charge in [-0.1, -0.05) is 62.4 Å². The molecule has 0 N–H and O–H groups in total. The summed E-state index contributed by atoms with van der Waals surface area (Å²) >= 11 is 0. The number of benzene rings is 2. The predicted octanol–water partition coefficient (Wildman–Crippen LogP) is 3.51. The highest BCUT2D eigenvalue weighted by Gasteiger charge is 2.59. The zero-order chi connectivity index (χ0) is 24.4. The fourth-order valence-electron chi connectivity index (χ4n) is 5.58. The average Bonchev–Trinajstić information content (AvgIpc) is 3.39. The molecule has 3 heterocycles. The number of nitrogens with zero attached hydrogens (tertiary/aromatic N) is 2. The van der Waals surface area contributed by atoms with Gasteiger partial charge in [-0.2, -0.15) is 0 Å². The molecule has 7 nitrogen and oxygen atoms in total. The molecule has 0 aromatic heterocycles. The van der Waals surface area contributed by atoms with Crippen LogP contribution in [-0.2, 0) is 35.9 Å². The highest BCUT2D eigenvalue weighted by Crippen LogP contribution is 2.47. The maximum Gasteiger partial charge on any atom is 0.420 e. The van der Waals surface area contributed by atoms with Crippen LogP contribution in [0, 0.1) is 5.92 Å². The number of likely N-dealkylation sites (tertiary alicyclic amines) is 1. The Labute approximate surface area is 206 Å². The summed E-state index contributed by atoms with van der Waals surface area (Å²) in [7, 11) is 0. The molecule has 0 spiro atoms. The summed E-state index contributed by atoms with van der Waals surface area (Å²) in [5.74, 6) is -1.44. The molecule has 2 saturated heterocycles. The first kappa shape index (κ1) is 23.8. The summed E-state index contributed by atoms with van der Waals surface area (Å²) in [5, 5.41) is 0. The van der Waals surface area contributed by atoms with Crippen LogP contribution in [0.4, 0.5) is 5.69 Å². The molecule has 0 bridgehead atoms. The van der Waals surface area contributed by atoms with E-state index in [0.717, 1.165) is 42.7 Å². The van der Waals surface area contributed by atoms with Gasteiger partial charge in [0.15, 0.2) is 6.10 Å². The van der Waals surface area contributed by atoms with Crippen molar-refractivity contribution in [2.24, 2.45) is 5.92 Å². The van der Waals surface area contributed by atoms with Gasteiger partial charge in [0, 0.05) is 30.8 Å². The Balaban J connectivity index is 1.59. The van der Waals surface area contributed by atoms with Crippen molar-refractivity contribution in [2.75, 3.05) is 37.7 Å². The number of anilines is 1. The number of esters is 2. The van der Waals surface area contributed by atoms with Crippen LogP contribution in [-0.4, -0.2) is 61.8 Å². The molecule has 7 heteroatoms. The van der Waals surface area contributed by atoms with Crippen molar-refractivity contribution < 1.29 is 23.8 Å². The van der Waals surface area contributed by atoms with Crippen LogP contribution in [0.25, 0.3) is 0 Å². The van der Waals surface area contributed by atoms with Gasteiger partial charge in [0.05, 0.1) is 12.6 Å². The molecule has 2 aromatic rings. The van der Waals surface area contributed by atoms with E-state index in [4.69, 9.17) is 14.2 Å². The molecule has 5 rings (SSSR count). The third-order valence-electron chi connectivity index (χ3n) is 7.19. The number of ether oxygens (including phenoxy) is 3. The number of hydrogen-bond acceptors (Lipinski definition) is 7. The van der Waals surface area contributed by atoms with E-state index in [1.54, 1.807) is 0 Å². The first-order valence-corrected chi connectivity index (χ1v) is 12.7. The maximum atomic E-state index is 12.7. The molecular weight excluding hydrogens is 444 g/mol. The maximum absolute atomic E-state index is 12.7. The SMILES string of the molecule is CC(C)COCC(CN1c2ccccc2CC2OC(=O)C(=O)OC21c1ccccc1)N1CCCC1. The van der Waals surface area contributed by atoms with Gasteiger partial charge >= 0.3 is 11.9 Å². The Kier molecular flexibility index (Phi) is 6.80. The zero-order valence-corrected chi connectivity index (χ0v) is 20.5. The number of hydrogen-bond donors (Lipinski definition) is 0. The zero-order valence-electron chi connectivity index (χ0n) is 20.5. The number of rotatable bonds is 8. The van der Waals surface area contributed by atoms with Crippen molar-refractivity contribution in [1.82, 2.24) is 4.90 Å². The summed E-state index contributed by atoms with van der Waals surface area (Å²) in [6.07, 6.45) is 2.15. The Morgan fingerprint density at radius 1 is 0.971 bits per heavy atom. The van der Waals surface area contributed by atoms with Gasteiger partial charge in [-0.25, -0.2) is 9.59 Å². The third-order valence-corrected chi connectivity index (χ3v) is 7.19. The smallest absolute Gasteiger partial charge is 0.420 e. The lowest BCUT2D eigenvalue weighted by molar-refractivity contribution is -0.218. The molecule has 3 aliphatic heterocycles. The largest absolute Gasteiger partial charge is 0.447 e. The molecule has 0 radical (unpaired) electrons. The van der Waals surface area contributed by atoms with Crippen LogP contribution < -0.4 is 4.90 Å². The molecule has 2 aromatic carbocycles. The predicted molar refractivity (Wildman–Crippen MR) is 132 cm³/mol. The average molecular weight is 479 g/mol. The summed E-state index contributed by atoms with van der Waals surface area (Å²) in [4.78, 5) is 29.7. The van der Waals surface area contributed by atoms with Crippen molar-refractivity contribution in [2.45, 2.75) is 51.0 Å². The van der Waals surface area contributed by atoms with Crippen LogP contribution in [0.15, 0.2) is 54.6 Å². The fraction of sp³-hybridized carbons (Fsp3) is 0.500. The lowest BCUT2D eigenvalue weighted by Gasteiger charge is -2.54. The third kappa shape index (κ3) is 4.55. The highest BCUT2D eigenvalue weighted by molar-refractivity contribution is 6.30. The van der Waals surface area contributed by atoms with Crippen molar-refractivity contribution >= 4 is 17.6 Å². The van der Waals surface area contributed by atoms with Gasteiger partial charge in [0.1, 0.15) is 0 Å². The first-order chi connectivity index (χ1) is 17.0. The van der Waals surface area contributed by atoms with Gasteiger partial charge in [0.25, 0.3) is 5.72 Å². The number of carbonyl (C=O) groups excluding carboxylic acids is 2. The van der Waals surface area contributed by atoms with E-state index in [2.05, 4.69) is 35.8 Å². The minimum absolute atomic E-state index is 0.0972. The molecule has 3 unspecified atom stereocenters. The van der Waals surface area contributed by atoms with E-state index in [-0.39, 0.29) is 6.04 Å². The van der Waals surface area contributed by atoms with Crippen LogP contribution in [0.5, 0.6) is 0 Å². The number of para-hydroxylation sites is 1. The van der Waals surface area contributed by atoms with Gasteiger partial charge < -0.3 is 19.1 Å². The van der Waals surface area contributed by atoms with E-state index >= 15 is 0 Å². The summed E-state index contributed by atoms with van der Waals surface area (Å²) < 4.78 is 18.0. The molecule has 0 aliphatic carbocycles. The lowest BCUT2D eigenvalue weighted by Crippen LogP contribution is -2.67. The molecule has 3 atom stereocenters. The van der Waals surface area contributed by atoms with Crippen molar-refractivity contribution in [3.8, 4) is 0 Å². The fourth-order valence-corrected chi connectivity index (χ4v) is 5.58. The molecule has 0 saturated carbocycles. The minimum atomic E-state index is -1.24. The van der Waals surface area contributed by atoms with Crippen LogP contribution in [0.3, 0.4) is 0 Å². The molecule has 186 valence electrons. The highest BCUT2D eigenvalue weighted by atomic mass is 16.7. The standard InChI is InChI=1S/C28H34N2O5/c1-20(2)18-33-19-23(29-14-8-9-15-29)17-30-24-13-7-6-10-21(24)16-25-28(30,22-11-4-3-5-12-22)35-27(32)26(31)34-25/h3-7,10-13,20,23,25H,8-9,14-19H2,1-2H3. The van der Waals surface area contributed by atoms with Crippen molar-refractivity contribution in [3.05, 3.63) is 65.7 Å². The molecule has 35 heavy (non-hydrogen) atoms. The Morgan fingerprint density at radius 3 is 2.43 bits per heavy atom. The normalized spacial score (nSPS) is 25.1. The van der Waals surface area contributed by atoms with E-state index in [1.807, 2.05) is 42.5 Å². The Hall–Kier alpha value is -2.90. The molecule has 0 amide bonds. The number of fused-ring (bicyclic) bond motifs is 2. The number of carbonyl (C=O) groups is 2. The van der Waals surface area contributed by atoms with E-state index in [0.29, 0.717) is 32.1 Å². The van der Waals surface area contributed by atoms with Gasteiger partial charge in [-0.15, -0.1) is 0 Å². The monoisotopic (exact) mass is 478 g/mol. The Morgan fingerprint density at radius 2 is 1.69 bits per heavy atom. The molecule has 3 aliphatic rings. The van der Waals surface area contributed by atoms with Crippen LogP contribution >= 0.6 is 0 Å². The van der Waals surface area contributed by atoms with Gasteiger partial charge in [-0.05, 0) is 43.5 Å². The van der Waals surface area contributed by atoms with Crippen LogP contribution in [0.1, 0.15) is 37.8 Å². The second-order valence-electron chi connectivity index (χ2n) is 10.1. The first-order valence-electron chi connectivity index (χ1n) is 12.7. The van der Waals surface area contributed by atoms with E-state index < -0.39 is 23.8 Å².